The smallest absolute Gasteiger partial charge is 0.244 e. The number of fused-ring (bicyclic) bond motifs is 2. The summed E-state index contributed by atoms with van der Waals surface area (Å²) < 4.78 is 17.3. The van der Waals surface area contributed by atoms with E-state index in [-0.39, 0.29) is 18.6 Å². The van der Waals surface area contributed by atoms with Gasteiger partial charge in [-0.3, -0.25) is 15.5 Å². The molecule has 2 atom stereocenters. The van der Waals surface area contributed by atoms with Gasteiger partial charge in [0.25, 0.3) is 0 Å². The summed E-state index contributed by atoms with van der Waals surface area (Å²) in [7, 11) is 0. The molecule has 0 spiro atoms. The summed E-state index contributed by atoms with van der Waals surface area (Å²) in [5.41, 5.74) is 3.09. The van der Waals surface area contributed by atoms with Crippen molar-refractivity contribution in [1.82, 2.24) is 15.2 Å². The fraction of sp³-hybridized carbons (Fsp3) is 0.158. The van der Waals surface area contributed by atoms with Crippen molar-refractivity contribution in [3.05, 3.63) is 52.3 Å². The zero-order valence-electron chi connectivity index (χ0n) is 14.3. The fourth-order valence-electron chi connectivity index (χ4n) is 3.56. The highest BCUT2D eigenvalue weighted by Gasteiger charge is 2.42. The number of hydrogen-bond acceptors (Lipinski definition) is 7. The number of halogens is 1. The van der Waals surface area contributed by atoms with E-state index in [1.165, 1.54) is 0 Å². The quantitative estimate of drug-likeness (QED) is 0.632. The summed E-state index contributed by atoms with van der Waals surface area (Å²) in [6, 6.07) is 9.56. The summed E-state index contributed by atoms with van der Waals surface area (Å²) in [6.45, 7) is 0.149. The number of aromatic nitrogens is 3. The van der Waals surface area contributed by atoms with E-state index in [4.69, 9.17) is 19.6 Å². The lowest BCUT2D eigenvalue weighted by Crippen LogP contribution is -2.31. The molecule has 8 nitrogen and oxygen atoms in total. The summed E-state index contributed by atoms with van der Waals surface area (Å²) in [5, 5.41) is 25.3. The van der Waals surface area contributed by atoms with Crippen LogP contribution in [0.2, 0.25) is 0 Å². The lowest BCUT2D eigenvalue weighted by Gasteiger charge is -2.29. The summed E-state index contributed by atoms with van der Waals surface area (Å²) in [6.07, 6.45) is 3.36. The van der Waals surface area contributed by atoms with Gasteiger partial charge in [0.1, 0.15) is 5.92 Å². The first kappa shape index (κ1) is 16.8. The molecule has 1 aromatic carbocycles. The van der Waals surface area contributed by atoms with Crippen molar-refractivity contribution in [3.8, 4) is 34.7 Å². The molecule has 0 aliphatic carbocycles. The molecule has 2 aliphatic heterocycles. The van der Waals surface area contributed by atoms with Gasteiger partial charge in [0, 0.05) is 28.3 Å². The molecule has 9 heteroatoms. The van der Waals surface area contributed by atoms with Gasteiger partial charge in [0.2, 0.25) is 18.6 Å². The van der Waals surface area contributed by atoms with Gasteiger partial charge >= 0.3 is 0 Å². The second kappa shape index (κ2) is 6.35. The molecule has 0 saturated heterocycles. The molecule has 4 heterocycles. The Labute approximate surface area is 167 Å². The van der Waals surface area contributed by atoms with Gasteiger partial charge in [-0.05, 0) is 29.8 Å². The van der Waals surface area contributed by atoms with E-state index in [2.05, 4.69) is 37.2 Å². The van der Waals surface area contributed by atoms with E-state index in [0.29, 0.717) is 17.1 Å². The van der Waals surface area contributed by atoms with Crippen LogP contribution in [0, 0.1) is 22.7 Å². The number of nitriles is 1. The first-order valence-electron chi connectivity index (χ1n) is 8.41. The summed E-state index contributed by atoms with van der Waals surface area (Å²) in [5.74, 6) is 0.0843. The number of nitrogens with one attached hydrogen (secondary N) is 2. The predicted octanol–water partition coefficient (Wildman–Crippen LogP) is 3.60. The molecule has 2 aromatic heterocycles. The summed E-state index contributed by atoms with van der Waals surface area (Å²) in [4.78, 5) is 4.05. The zero-order valence-corrected chi connectivity index (χ0v) is 15.9. The van der Waals surface area contributed by atoms with Crippen LogP contribution in [-0.4, -0.2) is 27.9 Å². The van der Waals surface area contributed by atoms with E-state index < -0.39 is 11.8 Å². The van der Waals surface area contributed by atoms with Crippen LogP contribution < -0.4 is 14.2 Å². The number of hydrogen-bond donors (Lipinski definition) is 2. The number of pyridine rings is 1. The molecule has 0 saturated carbocycles. The van der Waals surface area contributed by atoms with Crippen molar-refractivity contribution in [2.24, 2.45) is 5.92 Å². The second-order valence-corrected chi connectivity index (χ2v) is 7.19. The lowest BCUT2D eigenvalue weighted by atomic mass is 9.78. The molecule has 0 radical (unpaired) electrons. The third-order valence-electron chi connectivity index (χ3n) is 4.84. The second-order valence-electron chi connectivity index (χ2n) is 6.33. The Morgan fingerprint density at radius 1 is 1.21 bits per heavy atom. The van der Waals surface area contributed by atoms with Crippen LogP contribution in [-0.2, 0) is 0 Å². The third-order valence-corrected chi connectivity index (χ3v) is 5.52. The monoisotopic (exact) mass is 437 g/mol. The maximum Gasteiger partial charge on any atom is 0.244 e. The minimum Gasteiger partial charge on any atom is -0.454 e. The zero-order chi connectivity index (χ0) is 19.3. The van der Waals surface area contributed by atoms with Gasteiger partial charge in [-0.2, -0.15) is 5.26 Å². The standard InChI is InChI=1S/C19H12BrN5O3/c20-12-6-14-13(26-8-27-14)5-10(12)15-11(7-21)18(22)28-19-16(15)17(24-25-19)9-1-3-23-4-2-9/h1-6,11,15,22H,8H2,(H,24,25). The van der Waals surface area contributed by atoms with Crippen molar-refractivity contribution in [3.63, 3.8) is 0 Å². The van der Waals surface area contributed by atoms with Crippen LogP contribution in [0.4, 0.5) is 0 Å². The molecule has 2 aliphatic rings. The van der Waals surface area contributed by atoms with Gasteiger partial charge in [-0.1, -0.05) is 15.9 Å². The van der Waals surface area contributed by atoms with Crippen LogP contribution in [0.5, 0.6) is 17.4 Å². The Morgan fingerprint density at radius 2 is 1.96 bits per heavy atom. The molecular formula is C19H12BrN5O3. The van der Waals surface area contributed by atoms with Gasteiger partial charge < -0.3 is 14.2 Å². The Bertz CT molecular complexity index is 1140. The molecular weight excluding hydrogens is 426 g/mol. The Morgan fingerprint density at radius 3 is 2.71 bits per heavy atom. The van der Waals surface area contributed by atoms with Crippen LogP contribution in [0.1, 0.15) is 17.0 Å². The Balaban J connectivity index is 1.75. The largest absolute Gasteiger partial charge is 0.454 e. The Hall–Kier alpha value is -3.38. The first-order valence-corrected chi connectivity index (χ1v) is 9.20. The van der Waals surface area contributed by atoms with Crippen molar-refractivity contribution in [1.29, 1.82) is 10.7 Å². The Kier molecular flexibility index (Phi) is 3.80. The lowest BCUT2D eigenvalue weighted by molar-refractivity contribution is 0.174. The molecule has 0 amide bonds. The van der Waals surface area contributed by atoms with E-state index in [1.807, 2.05) is 24.3 Å². The number of rotatable bonds is 2. The minimum absolute atomic E-state index is 0.141. The molecule has 3 aromatic rings. The van der Waals surface area contributed by atoms with E-state index in [9.17, 15) is 5.26 Å². The molecule has 2 unspecified atom stereocenters. The van der Waals surface area contributed by atoms with Crippen LogP contribution >= 0.6 is 15.9 Å². The van der Waals surface area contributed by atoms with Gasteiger partial charge in [0.05, 0.1) is 17.3 Å². The van der Waals surface area contributed by atoms with Crippen LogP contribution in [0.25, 0.3) is 11.3 Å². The number of nitrogens with zero attached hydrogens (tertiary/aromatic N) is 3. The number of benzene rings is 1. The van der Waals surface area contributed by atoms with Crippen molar-refractivity contribution in [2.75, 3.05) is 6.79 Å². The molecule has 138 valence electrons. The molecule has 0 fully saturated rings. The maximum atomic E-state index is 9.82. The highest BCUT2D eigenvalue weighted by Crippen LogP contribution is 2.49. The van der Waals surface area contributed by atoms with Crippen LogP contribution in [0.3, 0.4) is 0 Å². The fourth-order valence-corrected chi connectivity index (χ4v) is 4.13. The molecule has 0 bridgehead atoms. The van der Waals surface area contributed by atoms with Gasteiger partial charge in [-0.15, -0.1) is 5.10 Å². The van der Waals surface area contributed by atoms with Crippen molar-refractivity contribution in [2.45, 2.75) is 5.92 Å². The van der Waals surface area contributed by atoms with Crippen LogP contribution in [0.15, 0.2) is 41.1 Å². The number of H-pyrrole nitrogens is 1. The molecule has 28 heavy (non-hydrogen) atoms. The van der Waals surface area contributed by atoms with Gasteiger partial charge in [0.15, 0.2) is 11.5 Å². The normalized spacial score (nSPS) is 19.6. The number of aromatic amines is 1. The van der Waals surface area contributed by atoms with Crippen molar-refractivity contribution < 1.29 is 14.2 Å². The minimum atomic E-state index is -0.817. The topological polar surface area (TPSA) is 117 Å². The average Bonchev–Trinajstić information content (AvgIpc) is 3.33. The average molecular weight is 438 g/mol. The number of ether oxygens (including phenoxy) is 3. The van der Waals surface area contributed by atoms with E-state index in [0.717, 1.165) is 21.3 Å². The highest BCUT2D eigenvalue weighted by molar-refractivity contribution is 9.10. The van der Waals surface area contributed by atoms with Crippen molar-refractivity contribution >= 4 is 21.8 Å². The predicted molar refractivity (Wildman–Crippen MR) is 101 cm³/mol. The van der Waals surface area contributed by atoms with Gasteiger partial charge in [-0.25, -0.2) is 0 Å². The van der Waals surface area contributed by atoms with E-state index >= 15 is 0 Å². The third kappa shape index (κ3) is 2.46. The molecule has 2 N–H and O–H groups in total. The first-order chi connectivity index (χ1) is 13.7. The SMILES string of the molecule is N#CC1C(=N)Oc2n[nH]c(-c3ccncc3)c2C1c1cc2c(cc1Br)OCO2. The van der Waals surface area contributed by atoms with E-state index in [1.54, 1.807) is 12.4 Å². The molecule has 5 rings (SSSR count). The summed E-state index contributed by atoms with van der Waals surface area (Å²) >= 11 is 3.59. The highest BCUT2D eigenvalue weighted by atomic mass is 79.9. The maximum absolute atomic E-state index is 9.82.